The van der Waals surface area contributed by atoms with E-state index in [1.165, 1.54) is 135 Å². The van der Waals surface area contributed by atoms with Crippen molar-refractivity contribution in [3.63, 3.8) is 0 Å². The van der Waals surface area contributed by atoms with Crippen LogP contribution in [-0.4, -0.2) is 89.0 Å². The summed E-state index contributed by atoms with van der Waals surface area (Å²) in [5.74, 6) is -0.860. The van der Waals surface area contributed by atoms with Crippen LogP contribution in [0.2, 0.25) is 0 Å². The van der Waals surface area contributed by atoms with Crippen LogP contribution in [0.4, 0.5) is 0 Å². The summed E-state index contributed by atoms with van der Waals surface area (Å²) in [7, 11) is 0. The largest absolute Gasteiger partial charge is 0.462 e. The molecule has 1 aliphatic heterocycles. The van der Waals surface area contributed by atoms with Gasteiger partial charge in [-0.25, -0.2) is 0 Å². The average Bonchev–Trinajstić information content (AvgIpc) is 3.30. The van der Waals surface area contributed by atoms with Gasteiger partial charge in [0.2, 0.25) is 0 Å². The van der Waals surface area contributed by atoms with Crippen LogP contribution >= 0.6 is 0 Å². The molecule has 6 atom stereocenters. The van der Waals surface area contributed by atoms with Gasteiger partial charge in [0.25, 0.3) is 0 Å². The monoisotopic (exact) mass is 919 g/mol. The maximum Gasteiger partial charge on any atom is 0.306 e. The highest BCUT2D eigenvalue weighted by Gasteiger charge is 2.44. The zero-order valence-electron chi connectivity index (χ0n) is 41.5. The first-order valence-electron chi connectivity index (χ1n) is 26.7. The molecule has 2 unspecified atom stereocenters. The van der Waals surface area contributed by atoms with Crippen LogP contribution < -0.4 is 0 Å². The number of carbonyl (C=O) groups is 2. The number of hydrogen-bond acceptors (Lipinski definition) is 10. The van der Waals surface area contributed by atoms with Gasteiger partial charge in [0.15, 0.2) is 12.4 Å². The molecule has 0 radical (unpaired) electrons. The minimum atomic E-state index is -1.60. The van der Waals surface area contributed by atoms with Gasteiger partial charge in [0, 0.05) is 12.8 Å². The van der Waals surface area contributed by atoms with Crippen molar-refractivity contribution in [2.45, 2.75) is 269 Å². The third-order valence-electron chi connectivity index (χ3n) is 12.2. The molecule has 4 N–H and O–H groups in total. The highest BCUT2D eigenvalue weighted by molar-refractivity contribution is 5.70. The highest BCUT2D eigenvalue weighted by atomic mass is 16.7. The van der Waals surface area contributed by atoms with Crippen LogP contribution in [0.25, 0.3) is 0 Å². The van der Waals surface area contributed by atoms with E-state index in [2.05, 4.69) is 62.5 Å². The Morgan fingerprint density at radius 2 is 0.892 bits per heavy atom. The predicted molar refractivity (Wildman–Crippen MR) is 265 cm³/mol. The summed E-state index contributed by atoms with van der Waals surface area (Å²) in [4.78, 5) is 25.4. The fourth-order valence-electron chi connectivity index (χ4n) is 7.95. The van der Waals surface area contributed by atoms with E-state index in [9.17, 15) is 30.0 Å². The first-order chi connectivity index (χ1) is 31.8. The van der Waals surface area contributed by atoms with E-state index in [-0.39, 0.29) is 26.1 Å². The summed E-state index contributed by atoms with van der Waals surface area (Å²) >= 11 is 0. The second kappa shape index (κ2) is 45.4. The Hall–Kier alpha value is -2.34. The van der Waals surface area contributed by atoms with Gasteiger partial charge in [-0.15, -0.1) is 0 Å². The molecule has 1 aliphatic rings. The van der Waals surface area contributed by atoms with Gasteiger partial charge in [-0.3, -0.25) is 9.59 Å². The summed E-state index contributed by atoms with van der Waals surface area (Å²) in [5.41, 5.74) is 0. The highest BCUT2D eigenvalue weighted by Crippen LogP contribution is 2.23. The second-order valence-electron chi connectivity index (χ2n) is 18.3. The fraction of sp³-hybridized carbons (Fsp3) is 0.818. The van der Waals surface area contributed by atoms with Crippen LogP contribution in [-0.2, 0) is 28.5 Å². The number of aliphatic hydroxyl groups is 4. The Balaban J connectivity index is 2.27. The minimum Gasteiger partial charge on any atom is -0.462 e. The molecule has 1 saturated heterocycles. The van der Waals surface area contributed by atoms with Crippen LogP contribution in [0.15, 0.2) is 48.6 Å². The number of allylic oxidation sites excluding steroid dienone is 8. The van der Waals surface area contributed by atoms with Gasteiger partial charge in [-0.1, -0.05) is 191 Å². The van der Waals surface area contributed by atoms with Gasteiger partial charge in [-0.05, 0) is 77.0 Å². The van der Waals surface area contributed by atoms with E-state index in [0.29, 0.717) is 12.8 Å². The van der Waals surface area contributed by atoms with Crippen LogP contribution in [0.1, 0.15) is 232 Å². The van der Waals surface area contributed by atoms with E-state index in [0.717, 1.165) is 57.8 Å². The van der Waals surface area contributed by atoms with Crippen LogP contribution in [0, 0.1) is 0 Å². The zero-order valence-corrected chi connectivity index (χ0v) is 41.5. The lowest BCUT2D eigenvalue weighted by molar-refractivity contribution is -0.305. The van der Waals surface area contributed by atoms with Gasteiger partial charge >= 0.3 is 11.9 Å². The summed E-state index contributed by atoms with van der Waals surface area (Å²) in [6.07, 6.45) is 48.5. The number of esters is 2. The molecule has 1 rings (SSSR count). The van der Waals surface area contributed by atoms with Gasteiger partial charge in [-0.2, -0.15) is 0 Å². The molecule has 0 saturated carbocycles. The Kier molecular flexibility index (Phi) is 42.4. The predicted octanol–water partition coefficient (Wildman–Crippen LogP) is 12.8. The quantitative estimate of drug-likeness (QED) is 0.0264. The second-order valence-corrected chi connectivity index (χ2v) is 18.3. The lowest BCUT2D eigenvalue weighted by Gasteiger charge is -2.39. The molecule has 0 spiro atoms. The van der Waals surface area contributed by atoms with Crippen LogP contribution in [0.3, 0.4) is 0 Å². The normalized spacial score (nSPS) is 19.6. The molecular formula is C55H98O10. The van der Waals surface area contributed by atoms with Crippen molar-refractivity contribution in [3.8, 4) is 0 Å². The first kappa shape index (κ1) is 60.7. The molecule has 0 bridgehead atoms. The first-order valence-corrected chi connectivity index (χ1v) is 26.7. The molecule has 0 aromatic carbocycles. The van der Waals surface area contributed by atoms with E-state index < -0.39 is 55.4 Å². The lowest BCUT2D eigenvalue weighted by atomic mass is 9.99. The maximum atomic E-state index is 12.8. The van der Waals surface area contributed by atoms with Gasteiger partial charge < -0.3 is 39.4 Å². The van der Waals surface area contributed by atoms with Crippen LogP contribution in [0.5, 0.6) is 0 Å². The molecule has 10 heteroatoms. The molecule has 0 aromatic heterocycles. The maximum absolute atomic E-state index is 12.8. The summed E-state index contributed by atoms with van der Waals surface area (Å²) in [6.45, 7) is 3.38. The molecule has 0 aliphatic carbocycles. The van der Waals surface area contributed by atoms with Crippen molar-refractivity contribution in [1.82, 2.24) is 0 Å². The lowest BCUT2D eigenvalue weighted by Crippen LogP contribution is -2.59. The third kappa shape index (κ3) is 36.4. The Bertz CT molecular complexity index is 1200. The fourth-order valence-corrected chi connectivity index (χ4v) is 7.95. The molecule has 0 aromatic rings. The minimum absolute atomic E-state index is 0.168. The molecule has 378 valence electrons. The van der Waals surface area contributed by atoms with Gasteiger partial charge in [0.05, 0.1) is 13.2 Å². The number of aliphatic hydroxyl groups excluding tert-OH is 4. The molecule has 0 amide bonds. The molecule has 65 heavy (non-hydrogen) atoms. The molecule has 10 nitrogen and oxygen atoms in total. The van der Waals surface area contributed by atoms with E-state index in [4.69, 9.17) is 18.9 Å². The summed E-state index contributed by atoms with van der Waals surface area (Å²) < 4.78 is 22.2. The molecule has 1 fully saturated rings. The topological polar surface area (TPSA) is 152 Å². The van der Waals surface area contributed by atoms with Crippen molar-refractivity contribution in [3.05, 3.63) is 48.6 Å². The number of unbranched alkanes of at least 4 members (excludes halogenated alkanes) is 26. The number of rotatable bonds is 45. The Morgan fingerprint density at radius 3 is 1.42 bits per heavy atom. The van der Waals surface area contributed by atoms with Gasteiger partial charge in [0.1, 0.15) is 31.0 Å². The Labute approximate surface area is 397 Å². The molecular weight excluding hydrogens is 821 g/mol. The van der Waals surface area contributed by atoms with Crippen molar-refractivity contribution >= 4 is 11.9 Å². The van der Waals surface area contributed by atoms with E-state index >= 15 is 0 Å². The zero-order chi connectivity index (χ0) is 47.3. The summed E-state index contributed by atoms with van der Waals surface area (Å²) in [6, 6.07) is 0. The van der Waals surface area contributed by atoms with Crippen molar-refractivity contribution < 1.29 is 49.0 Å². The smallest absolute Gasteiger partial charge is 0.306 e. The number of ether oxygens (including phenoxy) is 4. The van der Waals surface area contributed by atoms with E-state index in [1.54, 1.807) is 0 Å². The third-order valence-corrected chi connectivity index (χ3v) is 12.2. The average molecular weight is 919 g/mol. The SMILES string of the molecule is CCCCC/C=C/C/C=C/CCCCCCCCCC(=O)OC[C@H](CO[C@@H]1O[C@H](CO)[C@H](O)C(O)C1O)OC(=O)CCC/C=C/CC/C=C/CCCCCCCCCCCCCCCC. The summed E-state index contributed by atoms with van der Waals surface area (Å²) in [5, 5.41) is 40.2. The standard InChI is InChI=1S/C55H98O10/c1-3-5-7-9-11-13-15-17-19-21-22-23-24-25-26-28-30-32-34-36-38-40-42-44-51(58)64-48(47-63-55-54(61)53(60)52(59)49(45-56)65-55)46-62-50(57)43-41-39-37-35-33-31-29-27-20-18-16-14-12-10-8-6-4-2/h12,14,18,20,28,30,36,38,48-49,52-56,59-61H,3-11,13,15-17,19,21-27,29,31-35,37,39-47H2,1-2H3/b14-12+,20-18+,30-28+,38-36+/t48-,49-,52+,53?,54?,55-/m1/s1. The number of carbonyl (C=O) groups excluding carboxylic acids is 2. The van der Waals surface area contributed by atoms with E-state index in [1.807, 2.05) is 0 Å². The van der Waals surface area contributed by atoms with Crippen molar-refractivity contribution in [2.24, 2.45) is 0 Å². The van der Waals surface area contributed by atoms with Crippen molar-refractivity contribution in [1.29, 1.82) is 0 Å². The number of hydrogen-bond donors (Lipinski definition) is 4. The van der Waals surface area contributed by atoms with Crippen molar-refractivity contribution in [2.75, 3.05) is 19.8 Å². The molecule has 1 heterocycles. The Morgan fingerprint density at radius 1 is 0.477 bits per heavy atom.